The van der Waals surface area contributed by atoms with Crippen LogP contribution in [0.4, 0.5) is 0 Å². The predicted molar refractivity (Wildman–Crippen MR) is 118 cm³/mol. The fourth-order valence-corrected chi connectivity index (χ4v) is 3.72. The first-order chi connectivity index (χ1) is 12.7. The lowest BCUT2D eigenvalue weighted by atomic mass is 10.1. The molecule has 158 valence electrons. The maximum atomic E-state index is 10.5. The molecule has 0 aliphatic rings. The number of rotatable bonds is 21. The molecular weight excluding hydrogens is 318 g/mol. The second kappa shape index (κ2) is 21.2. The summed E-state index contributed by atoms with van der Waals surface area (Å²) >= 11 is 0. The van der Waals surface area contributed by atoms with Gasteiger partial charge in [0, 0.05) is 6.54 Å². The van der Waals surface area contributed by atoms with Crippen molar-refractivity contribution < 1.29 is 5.11 Å². The van der Waals surface area contributed by atoms with Crippen LogP contribution in [0.1, 0.15) is 130 Å². The molecule has 1 atom stereocenters. The Morgan fingerprint density at radius 2 is 0.923 bits per heavy atom. The van der Waals surface area contributed by atoms with Gasteiger partial charge in [-0.15, -0.1) is 0 Å². The fourth-order valence-electron chi connectivity index (χ4n) is 3.72. The van der Waals surface area contributed by atoms with Gasteiger partial charge >= 0.3 is 0 Å². The predicted octanol–water partition coefficient (Wildman–Crippen LogP) is 7.34. The van der Waals surface area contributed by atoms with Crippen molar-refractivity contribution in [2.75, 3.05) is 19.6 Å². The van der Waals surface area contributed by atoms with Gasteiger partial charge in [0.05, 0.1) is 6.10 Å². The molecule has 26 heavy (non-hydrogen) atoms. The lowest BCUT2D eigenvalue weighted by Gasteiger charge is -2.25. The number of aliphatic hydroxyl groups is 1. The van der Waals surface area contributed by atoms with E-state index in [2.05, 4.69) is 25.7 Å². The second-order valence-electron chi connectivity index (χ2n) is 8.34. The van der Waals surface area contributed by atoms with Crippen LogP contribution in [-0.2, 0) is 0 Å². The van der Waals surface area contributed by atoms with Gasteiger partial charge in [-0.3, -0.25) is 0 Å². The summed E-state index contributed by atoms with van der Waals surface area (Å²) in [5, 5.41) is 10.5. The SMILES string of the molecule is CCCCCCCCCCC(O)CN(CCCCCC)CCCCCC. The molecule has 0 aliphatic carbocycles. The van der Waals surface area contributed by atoms with Crippen LogP contribution in [0.5, 0.6) is 0 Å². The highest BCUT2D eigenvalue weighted by molar-refractivity contribution is 4.66. The molecule has 0 aliphatic heterocycles. The van der Waals surface area contributed by atoms with Crippen molar-refractivity contribution in [3.05, 3.63) is 0 Å². The van der Waals surface area contributed by atoms with Gasteiger partial charge in [0.1, 0.15) is 0 Å². The Hall–Kier alpha value is -0.0800. The quantitative estimate of drug-likeness (QED) is 0.214. The van der Waals surface area contributed by atoms with Crippen molar-refractivity contribution in [3.8, 4) is 0 Å². The molecule has 0 amide bonds. The standard InChI is InChI=1S/C24H51NO/c1-4-7-10-13-14-15-16-17-20-24(26)23-25(21-18-11-8-5-2)22-19-12-9-6-3/h24,26H,4-23H2,1-3H3. The molecular formula is C24H51NO. The number of hydrogen-bond donors (Lipinski definition) is 1. The molecule has 0 heterocycles. The summed E-state index contributed by atoms with van der Waals surface area (Å²) in [6, 6.07) is 0. The highest BCUT2D eigenvalue weighted by Crippen LogP contribution is 2.12. The Kier molecular flexibility index (Phi) is 21.2. The average Bonchev–Trinajstić information content (AvgIpc) is 2.64. The summed E-state index contributed by atoms with van der Waals surface area (Å²) in [5.41, 5.74) is 0. The number of unbranched alkanes of at least 4 members (excludes halogenated alkanes) is 13. The molecule has 1 N–H and O–H groups in total. The number of nitrogens with zero attached hydrogens (tertiary/aromatic N) is 1. The maximum absolute atomic E-state index is 10.5. The third-order valence-electron chi connectivity index (χ3n) is 5.52. The van der Waals surface area contributed by atoms with Crippen molar-refractivity contribution in [1.82, 2.24) is 4.90 Å². The van der Waals surface area contributed by atoms with Gasteiger partial charge in [-0.25, -0.2) is 0 Å². The Morgan fingerprint density at radius 3 is 1.38 bits per heavy atom. The Morgan fingerprint density at radius 1 is 0.538 bits per heavy atom. The minimum Gasteiger partial charge on any atom is -0.392 e. The van der Waals surface area contributed by atoms with E-state index >= 15 is 0 Å². The largest absolute Gasteiger partial charge is 0.392 e. The van der Waals surface area contributed by atoms with Gasteiger partial charge in [-0.05, 0) is 32.4 Å². The molecule has 0 bridgehead atoms. The van der Waals surface area contributed by atoms with Gasteiger partial charge < -0.3 is 10.0 Å². The van der Waals surface area contributed by atoms with E-state index in [1.165, 1.54) is 116 Å². The second-order valence-corrected chi connectivity index (χ2v) is 8.34. The first-order valence-electron chi connectivity index (χ1n) is 12.1. The average molecular weight is 370 g/mol. The molecule has 0 saturated heterocycles. The Balaban J connectivity index is 3.82. The zero-order chi connectivity index (χ0) is 19.3. The molecule has 0 radical (unpaired) electrons. The molecule has 0 rings (SSSR count). The zero-order valence-electron chi connectivity index (χ0n) is 18.6. The summed E-state index contributed by atoms with van der Waals surface area (Å²) in [6.45, 7) is 10.1. The highest BCUT2D eigenvalue weighted by Gasteiger charge is 2.11. The van der Waals surface area contributed by atoms with E-state index in [1.54, 1.807) is 0 Å². The van der Waals surface area contributed by atoms with E-state index in [1.807, 2.05) is 0 Å². The van der Waals surface area contributed by atoms with Crippen molar-refractivity contribution in [1.29, 1.82) is 0 Å². The summed E-state index contributed by atoms with van der Waals surface area (Å²) in [7, 11) is 0. The fraction of sp³-hybridized carbons (Fsp3) is 1.00. The van der Waals surface area contributed by atoms with Crippen LogP contribution in [0.25, 0.3) is 0 Å². The van der Waals surface area contributed by atoms with Crippen molar-refractivity contribution in [2.45, 2.75) is 136 Å². The van der Waals surface area contributed by atoms with Gasteiger partial charge in [-0.1, -0.05) is 111 Å². The Bertz CT molecular complexity index is 245. The molecule has 2 nitrogen and oxygen atoms in total. The molecule has 2 heteroatoms. The smallest absolute Gasteiger partial charge is 0.0667 e. The molecule has 0 aromatic heterocycles. The van der Waals surface area contributed by atoms with E-state index in [0.29, 0.717) is 0 Å². The first-order valence-corrected chi connectivity index (χ1v) is 12.1. The van der Waals surface area contributed by atoms with Crippen LogP contribution in [0, 0.1) is 0 Å². The van der Waals surface area contributed by atoms with Gasteiger partial charge in [-0.2, -0.15) is 0 Å². The lowest BCUT2D eigenvalue weighted by molar-refractivity contribution is 0.100. The normalized spacial score (nSPS) is 12.8. The first kappa shape index (κ1) is 25.9. The highest BCUT2D eigenvalue weighted by atomic mass is 16.3. The van der Waals surface area contributed by atoms with Crippen LogP contribution in [0.3, 0.4) is 0 Å². The van der Waals surface area contributed by atoms with Crippen LogP contribution >= 0.6 is 0 Å². The third kappa shape index (κ3) is 18.7. The van der Waals surface area contributed by atoms with Crippen molar-refractivity contribution >= 4 is 0 Å². The summed E-state index contributed by atoms with van der Waals surface area (Å²) in [4.78, 5) is 2.54. The minimum atomic E-state index is -0.118. The molecule has 0 aromatic carbocycles. The summed E-state index contributed by atoms with van der Waals surface area (Å²) in [5.74, 6) is 0. The lowest BCUT2D eigenvalue weighted by Crippen LogP contribution is -2.34. The molecule has 1 unspecified atom stereocenters. The van der Waals surface area contributed by atoms with Crippen molar-refractivity contribution in [2.24, 2.45) is 0 Å². The van der Waals surface area contributed by atoms with Gasteiger partial charge in [0.25, 0.3) is 0 Å². The summed E-state index contributed by atoms with van der Waals surface area (Å²) in [6.07, 6.45) is 22.3. The van der Waals surface area contributed by atoms with Crippen LogP contribution in [-0.4, -0.2) is 35.7 Å². The van der Waals surface area contributed by atoms with Gasteiger partial charge in [0.15, 0.2) is 0 Å². The molecule has 0 spiro atoms. The molecule has 0 aromatic rings. The van der Waals surface area contributed by atoms with E-state index in [-0.39, 0.29) is 6.10 Å². The zero-order valence-corrected chi connectivity index (χ0v) is 18.6. The number of hydrogen-bond acceptors (Lipinski definition) is 2. The van der Waals surface area contributed by atoms with Crippen LogP contribution < -0.4 is 0 Å². The maximum Gasteiger partial charge on any atom is 0.0667 e. The topological polar surface area (TPSA) is 23.5 Å². The van der Waals surface area contributed by atoms with Crippen LogP contribution in [0.2, 0.25) is 0 Å². The monoisotopic (exact) mass is 369 g/mol. The molecule has 0 fully saturated rings. The third-order valence-corrected chi connectivity index (χ3v) is 5.52. The van der Waals surface area contributed by atoms with Crippen LogP contribution in [0.15, 0.2) is 0 Å². The van der Waals surface area contributed by atoms with E-state index in [9.17, 15) is 5.11 Å². The minimum absolute atomic E-state index is 0.118. The van der Waals surface area contributed by atoms with E-state index in [0.717, 1.165) is 13.0 Å². The Labute approximate surface area is 166 Å². The van der Waals surface area contributed by atoms with Gasteiger partial charge in [0.2, 0.25) is 0 Å². The number of aliphatic hydroxyl groups excluding tert-OH is 1. The van der Waals surface area contributed by atoms with E-state index in [4.69, 9.17) is 0 Å². The van der Waals surface area contributed by atoms with E-state index < -0.39 is 0 Å². The summed E-state index contributed by atoms with van der Waals surface area (Å²) < 4.78 is 0. The molecule has 0 saturated carbocycles. The van der Waals surface area contributed by atoms with Crippen molar-refractivity contribution in [3.63, 3.8) is 0 Å².